The van der Waals surface area contributed by atoms with Gasteiger partial charge in [0.15, 0.2) is 0 Å². The van der Waals surface area contributed by atoms with Gasteiger partial charge >= 0.3 is 5.97 Å². The molecule has 1 unspecified atom stereocenters. The molecule has 1 saturated heterocycles. The van der Waals surface area contributed by atoms with Crippen molar-refractivity contribution in [2.45, 2.75) is 70.5 Å². The Morgan fingerprint density at radius 1 is 1.13 bits per heavy atom. The first-order valence-electron chi connectivity index (χ1n) is 14.0. The number of hydrogen-bond acceptors (Lipinski definition) is 5. The molecule has 6 nitrogen and oxygen atoms in total. The highest BCUT2D eigenvalue weighted by atomic mass is 28.4. The predicted octanol–water partition coefficient (Wildman–Crippen LogP) is 5.94. The van der Waals surface area contributed by atoms with Gasteiger partial charge in [-0.05, 0) is 92.8 Å². The van der Waals surface area contributed by atoms with Crippen molar-refractivity contribution in [3.63, 3.8) is 0 Å². The van der Waals surface area contributed by atoms with Gasteiger partial charge in [0, 0.05) is 19.3 Å². The van der Waals surface area contributed by atoms with E-state index in [0.29, 0.717) is 43.8 Å². The molecule has 1 atom stereocenters. The number of anilines is 1. The Hall–Kier alpha value is -2.71. The van der Waals surface area contributed by atoms with E-state index in [0.717, 1.165) is 11.3 Å². The van der Waals surface area contributed by atoms with Gasteiger partial charge in [0.2, 0.25) is 14.2 Å². The van der Waals surface area contributed by atoms with Crippen molar-refractivity contribution >= 4 is 25.9 Å². The summed E-state index contributed by atoms with van der Waals surface area (Å²) in [6.07, 6.45) is 1.60. The number of hydrogen-bond donors (Lipinski definition) is 0. The molecule has 8 heteroatoms. The fraction of sp³-hybridized carbons (Fsp3) is 0.548. The number of rotatable bonds is 8. The minimum absolute atomic E-state index is 0.0106. The number of amides is 1. The van der Waals surface area contributed by atoms with Crippen molar-refractivity contribution in [3.8, 4) is 5.75 Å². The molecule has 0 aromatic heterocycles. The topological polar surface area (TPSA) is 59.1 Å². The zero-order valence-corrected chi connectivity index (χ0v) is 25.5. The average Bonchev–Trinajstić information content (AvgIpc) is 3.08. The smallest absolute Gasteiger partial charge is 0.310 e. The molecular formula is C31H43FN2O4Si. The number of esters is 1. The molecule has 0 radical (unpaired) electrons. The van der Waals surface area contributed by atoms with Gasteiger partial charge in [-0.25, -0.2) is 4.39 Å². The summed E-state index contributed by atoms with van der Waals surface area (Å²) in [5.74, 6) is -0.407. The van der Waals surface area contributed by atoms with Crippen molar-refractivity contribution in [1.82, 2.24) is 4.90 Å². The van der Waals surface area contributed by atoms with E-state index in [1.165, 1.54) is 6.07 Å². The lowest BCUT2D eigenvalue weighted by molar-refractivity contribution is -0.149. The van der Waals surface area contributed by atoms with Crippen LogP contribution in [0.15, 0.2) is 42.5 Å². The van der Waals surface area contributed by atoms with E-state index in [1.807, 2.05) is 25.2 Å². The maximum atomic E-state index is 15.0. The van der Waals surface area contributed by atoms with Crippen LogP contribution in [0, 0.1) is 11.7 Å². The quantitative estimate of drug-likeness (QED) is 0.299. The van der Waals surface area contributed by atoms with Crippen LogP contribution in [-0.2, 0) is 26.2 Å². The molecule has 0 bridgehead atoms. The van der Waals surface area contributed by atoms with Crippen molar-refractivity contribution < 1.29 is 23.1 Å². The van der Waals surface area contributed by atoms with Crippen LogP contribution in [0.2, 0.25) is 18.1 Å². The summed E-state index contributed by atoms with van der Waals surface area (Å²) in [6, 6.07) is 12.9. The highest BCUT2D eigenvalue weighted by Crippen LogP contribution is 2.47. The summed E-state index contributed by atoms with van der Waals surface area (Å²) in [5, 5.41) is 0.0106. The molecule has 2 heterocycles. The van der Waals surface area contributed by atoms with E-state index in [2.05, 4.69) is 44.8 Å². The van der Waals surface area contributed by atoms with Crippen LogP contribution in [0.4, 0.5) is 10.1 Å². The molecule has 2 aromatic rings. The van der Waals surface area contributed by atoms with Crippen molar-refractivity contribution in [2.75, 3.05) is 38.2 Å². The highest BCUT2D eigenvalue weighted by molar-refractivity contribution is 6.74. The Kier molecular flexibility index (Phi) is 8.29. The van der Waals surface area contributed by atoms with E-state index in [-0.39, 0.29) is 35.8 Å². The second-order valence-corrected chi connectivity index (χ2v) is 17.3. The van der Waals surface area contributed by atoms with Gasteiger partial charge in [-0.3, -0.25) is 9.59 Å². The van der Waals surface area contributed by atoms with Crippen LogP contribution < -0.4 is 9.33 Å². The lowest BCUT2D eigenvalue weighted by Gasteiger charge is -2.39. The summed E-state index contributed by atoms with van der Waals surface area (Å²) in [4.78, 5) is 30.3. The van der Waals surface area contributed by atoms with E-state index in [1.54, 1.807) is 24.0 Å². The normalized spacial score (nSPS) is 18.3. The first-order valence-corrected chi connectivity index (χ1v) is 16.9. The Bertz CT molecular complexity index is 1220. The lowest BCUT2D eigenvalue weighted by atomic mass is 9.73. The zero-order valence-electron chi connectivity index (χ0n) is 24.5. The van der Waals surface area contributed by atoms with Gasteiger partial charge in [0.25, 0.3) is 0 Å². The molecule has 1 amide bonds. The molecule has 0 N–H and O–H groups in total. The maximum Gasteiger partial charge on any atom is 0.310 e. The fourth-order valence-corrected chi connectivity index (χ4v) is 6.62. The van der Waals surface area contributed by atoms with Crippen molar-refractivity contribution in [3.05, 3.63) is 59.4 Å². The molecule has 212 valence electrons. The minimum Gasteiger partial charge on any atom is -0.543 e. The largest absolute Gasteiger partial charge is 0.543 e. The summed E-state index contributed by atoms with van der Waals surface area (Å²) in [5.41, 5.74) is 2.03. The molecule has 0 aliphatic carbocycles. The van der Waals surface area contributed by atoms with Gasteiger partial charge in [-0.2, -0.15) is 0 Å². The molecular weight excluding hydrogens is 511 g/mol. The number of carbonyl (C=O) groups excluding carboxylic acids is 2. The fourth-order valence-electron chi connectivity index (χ4n) is 5.60. The van der Waals surface area contributed by atoms with Gasteiger partial charge in [0.05, 0.1) is 17.9 Å². The second-order valence-electron chi connectivity index (χ2n) is 12.5. The molecule has 1 spiro atoms. The highest BCUT2D eigenvalue weighted by Gasteiger charge is 2.51. The van der Waals surface area contributed by atoms with E-state index >= 15 is 0 Å². The van der Waals surface area contributed by atoms with Crippen LogP contribution in [0.3, 0.4) is 0 Å². The molecule has 1 fully saturated rings. The molecule has 4 rings (SSSR count). The number of likely N-dealkylation sites (N-methyl/N-ethyl adjacent to an activating group) is 1. The summed E-state index contributed by atoms with van der Waals surface area (Å²) in [7, 11) is -0.257. The zero-order chi connectivity index (χ0) is 28.6. The first kappa shape index (κ1) is 29.3. The molecule has 39 heavy (non-hydrogen) atoms. The molecule has 0 saturated carbocycles. The number of nitrogens with zero attached hydrogens (tertiary/aromatic N) is 2. The minimum atomic E-state index is -2.10. The van der Waals surface area contributed by atoms with Crippen LogP contribution in [-0.4, -0.2) is 58.4 Å². The van der Waals surface area contributed by atoms with Crippen LogP contribution in [0.25, 0.3) is 0 Å². The number of benzene rings is 2. The summed E-state index contributed by atoms with van der Waals surface area (Å²) < 4.78 is 26.8. The monoisotopic (exact) mass is 554 g/mol. The van der Waals surface area contributed by atoms with Crippen molar-refractivity contribution in [2.24, 2.45) is 5.92 Å². The standard InChI is InChI=1S/C31H43FN2O4Si/c1-8-37-28(35)23(19-22-20-24(13-14-26(22)32)38-39(6,7)30(2,3)4)21-34-17-15-31(16-18-34)25-11-9-10-12-27(25)33(5)29(31)36/h9-14,20,23H,8,15-19,21H2,1-7H3. The third kappa shape index (κ3) is 5.77. The summed E-state index contributed by atoms with van der Waals surface area (Å²) in [6.45, 7) is 14.7. The van der Waals surface area contributed by atoms with Gasteiger partial charge in [-0.1, -0.05) is 39.0 Å². The number of piperidine rings is 1. The lowest BCUT2D eigenvalue weighted by Crippen LogP contribution is -2.49. The number of halogens is 1. The Balaban J connectivity index is 1.49. The van der Waals surface area contributed by atoms with E-state index < -0.39 is 19.7 Å². The maximum absolute atomic E-state index is 15.0. The molecule has 2 aliphatic heterocycles. The Morgan fingerprint density at radius 2 is 1.79 bits per heavy atom. The number of ether oxygens (including phenoxy) is 1. The van der Waals surface area contributed by atoms with Crippen LogP contribution in [0.5, 0.6) is 5.75 Å². The third-order valence-corrected chi connectivity index (χ3v) is 13.3. The number of carbonyl (C=O) groups is 2. The average molecular weight is 555 g/mol. The first-order chi connectivity index (χ1) is 18.3. The SMILES string of the molecule is CCOC(=O)C(Cc1cc(O[Si](C)(C)C(C)(C)C)ccc1F)CN1CCC2(CC1)C(=O)N(C)c1ccccc12. The van der Waals surface area contributed by atoms with Crippen LogP contribution >= 0.6 is 0 Å². The number of para-hydroxylation sites is 1. The second kappa shape index (κ2) is 11.0. The van der Waals surface area contributed by atoms with Crippen molar-refractivity contribution in [1.29, 1.82) is 0 Å². The summed E-state index contributed by atoms with van der Waals surface area (Å²) >= 11 is 0. The molecule has 2 aliphatic rings. The van der Waals surface area contributed by atoms with E-state index in [4.69, 9.17) is 9.16 Å². The third-order valence-electron chi connectivity index (χ3n) is 8.97. The Morgan fingerprint density at radius 3 is 2.44 bits per heavy atom. The van der Waals surface area contributed by atoms with E-state index in [9.17, 15) is 14.0 Å². The Labute approximate surface area is 233 Å². The van der Waals surface area contributed by atoms with Gasteiger partial charge in [-0.15, -0.1) is 0 Å². The number of likely N-dealkylation sites (tertiary alicyclic amines) is 1. The van der Waals surface area contributed by atoms with Gasteiger partial charge in [0.1, 0.15) is 11.6 Å². The predicted molar refractivity (Wildman–Crippen MR) is 155 cm³/mol. The number of fused-ring (bicyclic) bond motifs is 2. The van der Waals surface area contributed by atoms with Crippen LogP contribution in [0.1, 0.15) is 51.7 Å². The molecule has 2 aromatic carbocycles. The van der Waals surface area contributed by atoms with Gasteiger partial charge < -0.3 is 19.0 Å².